The fourth-order valence-electron chi connectivity index (χ4n) is 4.61. The lowest BCUT2D eigenvalue weighted by Gasteiger charge is -2.16. The van der Waals surface area contributed by atoms with E-state index in [1.807, 2.05) is 39.1 Å². The smallest absolute Gasteiger partial charge is 0.320 e. The number of nitriles is 1. The molecule has 0 bridgehead atoms. The standard InChI is InChI=1S/C25H25F2N8O/c1-15-18(7-9-33(15)13-28)12-35-16(2)23(31-32-35)19-10-21-24(34(14-30-21)25(26)27)22(11-19)36-17(3)20-6-4-5-8-29-20/h4-6,8,10-12,14-15,17-18,25H,7,9H2,1-3H3/q+1/b35-12-/t15-,17+,18?/m0/s1. The van der Waals surface area contributed by atoms with Crippen LogP contribution in [0.2, 0.25) is 0 Å². The highest BCUT2D eigenvalue weighted by atomic mass is 19.3. The van der Waals surface area contributed by atoms with E-state index in [4.69, 9.17) is 4.74 Å². The van der Waals surface area contributed by atoms with Crippen molar-refractivity contribution in [3.63, 3.8) is 0 Å². The number of halogens is 2. The van der Waals surface area contributed by atoms with Crippen LogP contribution in [-0.2, 0) is 0 Å². The zero-order valence-electron chi connectivity index (χ0n) is 20.1. The van der Waals surface area contributed by atoms with Crippen molar-refractivity contribution >= 4 is 22.9 Å². The molecular weight excluding hydrogens is 466 g/mol. The lowest BCUT2D eigenvalue weighted by molar-refractivity contribution is -0.480. The third-order valence-corrected chi connectivity index (χ3v) is 6.73. The number of likely N-dealkylation sites (tertiary alicyclic amines) is 1. The van der Waals surface area contributed by atoms with Gasteiger partial charge in [0.05, 0.1) is 16.3 Å². The van der Waals surface area contributed by atoms with Gasteiger partial charge in [0.2, 0.25) is 0 Å². The van der Waals surface area contributed by atoms with Crippen LogP contribution >= 0.6 is 0 Å². The second-order valence-electron chi connectivity index (χ2n) is 8.89. The molecule has 2 aliphatic heterocycles. The Morgan fingerprint density at radius 3 is 2.81 bits per heavy atom. The second-order valence-corrected chi connectivity index (χ2v) is 8.89. The minimum atomic E-state index is -2.77. The van der Waals surface area contributed by atoms with Crippen LogP contribution in [0.5, 0.6) is 5.75 Å². The predicted octanol–water partition coefficient (Wildman–Crippen LogP) is 5.31. The molecule has 3 atom stereocenters. The number of alkyl halides is 2. The van der Waals surface area contributed by atoms with E-state index in [2.05, 4.69) is 26.5 Å². The summed E-state index contributed by atoms with van der Waals surface area (Å²) < 4.78 is 36.2. The number of rotatable bonds is 6. The van der Waals surface area contributed by atoms with Gasteiger partial charge in [0.25, 0.3) is 5.70 Å². The molecule has 0 aliphatic carbocycles. The summed E-state index contributed by atoms with van der Waals surface area (Å²) in [6.45, 7) is 3.66. The van der Waals surface area contributed by atoms with Gasteiger partial charge in [0.15, 0.2) is 11.9 Å². The third kappa shape index (κ3) is 4.19. The largest absolute Gasteiger partial charge is 0.482 e. The maximum Gasteiger partial charge on any atom is 0.320 e. The number of benzene rings is 1. The first-order valence-electron chi connectivity index (χ1n) is 11.7. The number of imidazole rings is 1. The van der Waals surface area contributed by atoms with Gasteiger partial charge in [-0.1, -0.05) is 6.07 Å². The average molecular weight is 492 g/mol. The molecule has 0 saturated carbocycles. The fourth-order valence-corrected chi connectivity index (χ4v) is 4.61. The van der Waals surface area contributed by atoms with Crippen LogP contribution in [0.15, 0.2) is 58.9 Å². The van der Waals surface area contributed by atoms with Gasteiger partial charge in [0, 0.05) is 37.2 Å². The molecule has 184 valence electrons. The molecule has 4 heterocycles. The van der Waals surface area contributed by atoms with Crippen molar-refractivity contribution in [2.75, 3.05) is 6.54 Å². The Balaban J connectivity index is 1.54. The van der Waals surface area contributed by atoms with Crippen LogP contribution in [0, 0.1) is 17.4 Å². The molecule has 1 fully saturated rings. The van der Waals surface area contributed by atoms with Gasteiger partial charge < -0.3 is 9.64 Å². The first kappa shape index (κ1) is 23.5. The van der Waals surface area contributed by atoms with Crippen LogP contribution < -0.4 is 4.74 Å². The molecular formula is C25H25F2N8O+. The summed E-state index contributed by atoms with van der Waals surface area (Å²) in [6.07, 6.45) is 7.34. The van der Waals surface area contributed by atoms with Crippen molar-refractivity contribution in [1.82, 2.24) is 19.4 Å². The Hall–Kier alpha value is -4.20. The van der Waals surface area contributed by atoms with Gasteiger partial charge in [-0.15, -0.1) is 4.68 Å². The summed E-state index contributed by atoms with van der Waals surface area (Å²) in [5, 5.41) is 17.9. The molecule has 36 heavy (non-hydrogen) atoms. The van der Waals surface area contributed by atoms with Crippen molar-refractivity contribution in [2.24, 2.45) is 16.3 Å². The molecule has 1 unspecified atom stereocenters. The highest BCUT2D eigenvalue weighted by Crippen LogP contribution is 2.37. The van der Waals surface area contributed by atoms with E-state index in [0.29, 0.717) is 29.0 Å². The van der Waals surface area contributed by atoms with Crippen LogP contribution in [0.4, 0.5) is 8.78 Å². The number of pyridine rings is 1. The highest BCUT2D eigenvalue weighted by Gasteiger charge is 2.33. The van der Waals surface area contributed by atoms with Crippen molar-refractivity contribution in [3.05, 3.63) is 59.8 Å². The topological polar surface area (TPSA) is 94.7 Å². The van der Waals surface area contributed by atoms with Crippen LogP contribution in [0.25, 0.3) is 16.7 Å². The molecule has 9 nitrogen and oxygen atoms in total. The predicted molar refractivity (Wildman–Crippen MR) is 128 cm³/mol. The first-order valence-corrected chi connectivity index (χ1v) is 11.7. The SMILES string of the molecule is CC1=C(c2cc(O[C@H](C)c3ccccn3)c3c(c2)ncn3C(F)F)N=N/[N+]1=C\C1CCN(C#N)[C@H]1C. The number of aromatic nitrogens is 3. The number of fused-ring (bicyclic) bond motifs is 1. The summed E-state index contributed by atoms with van der Waals surface area (Å²) >= 11 is 0. The maximum atomic E-state index is 13.7. The summed E-state index contributed by atoms with van der Waals surface area (Å²) in [6, 6.07) is 8.94. The zero-order valence-corrected chi connectivity index (χ0v) is 20.1. The van der Waals surface area contributed by atoms with Crippen molar-refractivity contribution in [1.29, 1.82) is 5.26 Å². The van der Waals surface area contributed by atoms with Crippen LogP contribution in [0.3, 0.4) is 0 Å². The Kier molecular flexibility index (Phi) is 6.18. The molecule has 0 N–H and O–H groups in total. The van der Waals surface area contributed by atoms with E-state index in [-0.39, 0.29) is 23.2 Å². The quantitative estimate of drug-likeness (QED) is 0.344. The number of nitrogens with zero attached hydrogens (tertiary/aromatic N) is 8. The number of hydrogen-bond donors (Lipinski definition) is 0. The lowest BCUT2D eigenvalue weighted by atomic mass is 10.0. The normalized spacial score (nSPS) is 21.7. The molecule has 3 aromatic rings. The summed E-state index contributed by atoms with van der Waals surface area (Å²) in [4.78, 5) is 10.3. The van der Waals surface area contributed by atoms with E-state index in [0.717, 1.165) is 23.0 Å². The minimum absolute atomic E-state index is 0.0739. The van der Waals surface area contributed by atoms with E-state index < -0.39 is 12.7 Å². The molecule has 2 aromatic heterocycles. The third-order valence-electron chi connectivity index (χ3n) is 6.73. The summed E-state index contributed by atoms with van der Waals surface area (Å²) in [7, 11) is 0. The van der Waals surface area contributed by atoms with Crippen molar-refractivity contribution in [2.45, 2.75) is 45.9 Å². The van der Waals surface area contributed by atoms with Gasteiger partial charge in [-0.25, -0.2) is 4.98 Å². The second kappa shape index (κ2) is 9.45. The summed E-state index contributed by atoms with van der Waals surface area (Å²) in [5.41, 5.74) is 3.27. The van der Waals surface area contributed by atoms with E-state index in [1.54, 1.807) is 34.0 Å². The molecule has 5 rings (SSSR count). The lowest BCUT2D eigenvalue weighted by Crippen LogP contribution is -2.27. The molecule has 0 spiro atoms. The first-order chi connectivity index (χ1) is 17.4. The number of allylic oxidation sites excluding steroid dienone is 1. The molecule has 0 amide bonds. The van der Waals surface area contributed by atoms with Gasteiger partial charge >= 0.3 is 6.55 Å². The molecule has 0 radical (unpaired) electrons. The fraction of sp³-hybridized carbons (Fsp3) is 0.360. The van der Waals surface area contributed by atoms with Crippen molar-refractivity contribution < 1.29 is 18.2 Å². The summed E-state index contributed by atoms with van der Waals surface area (Å²) in [5.74, 6) is 0.408. The number of hydrogen-bond acceptors (Lipinski definition) is 7. The Labute approximate surface area is 206 Å². The zero-order chi connectivity index (χ0) is 25.4. The molecule has 1 aromatic carbocycles. The number of ether oxygens (including phenoxy) is 1. The van der Waals surface area contributed by atoms with Crippen LogP contribution in [-0.4, -0.2) is 42.9 Å². The Morgan fingerprint density at radius 1 is 1.28 bits per heavy atom. The van der Waals surface area contributed by atoms with E-state index >= 15 is 0 Å². The monoisotopic (exact) mass is 491 g/mol. The van der Waals surface area contributed by atoms with E-state index in [9.17, 15) is 14.0 Å². The Bertz CT molecular complexity index is 1420. The maximum absolute atomic E-state index is 13.7. The van der Waals surface area contributed by atoms with Gasteiger partial charge in [0.1, 0.15) is 35.1 Å². The highest BCUT2D eigenvalue weighted by molar-refractivity contribution is 5.87. The van der Waals surface area contributed by atoms with Crippen LogP contribution in [0.1, 0.15) is 51.1 Å². The minimum Gasteiger partial charge on any atom is -0.482 e. The molecule has 11 heteroatoms. The van der Waals surface area contributed by atoms with Gasteiger partial charge in [-0.05, 0) is 44.5 Å². The average Bonchev–Trinajstić information content (AvgIpc) is 3.57. The Morgan fingerprint density at radius 2 is 2.11 bits per heavy atom. The molecule has 1 saturated heterocycles. The van der Waals surface area contributed by atoms with Gasteiger partial charge in [-0.3, -0.25) is 9.55 Å². The van der Waals surface area contributed by atoms with Crippen molar-refractivity contribution in [3.8, 4) is 11.9 Å². The van der Waals surface area contributed by atoms with E-state index in [1.165, 1.54) is 0 Å². The molecule has 2 aliphatic rings. The van der Waals surface area contributed by atoms with Gasteiger partial charge in [-0.2, -0.15) is 14.0 Å².